The molecule has 1 nitrogen and oxygen atoms in total. The first-order valence-electron chi connectivity index (χ1n) is 25.3. The number of fused-ring (bicyclic) bond motifs is 4. The van der Waals surface area contributed by atoms with Gasteiger partial charge >= 0.3 is 0 Å². The van der Waals surface area contributed by atoms with E-state index >= 15 is 0 Å². The van der Waals surface area contributed by atoms with E-state index in [9.17, 15) is 0 Å². The van der Waals surface area contributed by atoms with Gasteiger partial charge < -0.3 is 4.90 Å². The van der Waals surface area contributed by atoms with Gasteiger partial charge in [0.2, 0.25) is 0 Å². The first-order valence-corrected chi connectivity index (χ1v) is 25.3. The maximum Gasteiger partial charge on any atom is 0.0540 e. The maximum absolute atomic E-state index is 2.57. The van der Waals surface area contributed by atoms with Crippen LogP contribution in [0.1, 0.15) is 124 Å². The second-order valence-electron chi connectivity index (χ2n) is 21.9. The minimum atomic E-state index is -0.363. The minimum Gasteiger partial charge on any atom is -0.309 e. The minimum absolute atomic E-state index is 0.0205. The summed E-state index contributed by atoms with van der Waals surface area (Å²) in [7, 11) is 0. The Labute approximate surface area is 405 Å². The van der Waals surface area contributed by atoms with Crippen molar-refractivity contribution in [3.8, 4) is 22.3 Å². The molecule has 0 amide bonds. The molecule has 0 aromatic heterocycles. The summed E-state index contributed by atoms with van der Waals surface area (Å²) in [6.07, 6.45) is 15.9. The van der Waals surface area contributed by atoms with E-state index in [-0.39, 0.29) is 22.2 Å². The van der Waals surface area contributed by atoms with E-state index in [4.69, 9.17) is 0 Å². The number of rotatable bonds is 8. The van der Waals surface area contributed by atoms with E-state index in [0.29, 0.717) is 11.8 Å². The third kappa shape index (κ3) is 7.56. The van der Waals surface area contributed by atoms with Gasteiger partial charge in [-0.15, -0.1) is 0 Å². The fourth-order valence-electron chi connectivity index (χ4n) is 12.3. The molecular formula is C67H65N. The number of hydrogen-bond acceptors (Lipinski definition) is 1. The van der Waals surface area contributed by atoms with Gasteiger partial charge in [0, 0.05) is 28.7 Å². The number of allylic oxidation sites excluding steroid dienone is 4. The van der Waals surface area contributed by atoms with Crippen LogP contribution < -0.4 is 4.90 Å². The van der Waals surface area contributed by atoms with Crippen molar-refractivity contribution >= 4 is 27.8 Å². The summed E-state index contributed by atoms with van der Waals surface area (Å²) in [6, 6.07) is 69.9. The largest absolute Gasteiger partial charge is 0.309 e. The first-order chi connectivity index (χ1) is 33.0. The van der Waals surface area contributed by atoms with Crippen LogP contribution in [-0.4, -0.2) is 0 Å². The van der Waals surface area contributed by atoms with Crippen molar-refractivity contribution in [2.45, 2.75) is 102 Å². The van der Waals surface area contributed by atoms with Crippen molar-refractivity contribution in [2.24, 2.45) is 5.92 Å². The van der Waals surface area contributed by atoms with Gasteiger partial charge in [0.1, 0.15) is 0 Å². The Morgan fingerprint density at radius 2 is 1.03 bits per heavy atom. The second kappa shape index (κ2) is 17.4. The Morgan fingerprint density at radius 1 is 0.471 bits per heavy atom. The van der Waals surface area contributed by atoms with Crippen LogP contribution in [0.25, 0.3) is 33.0 Å². The first kappa shape index (κ1) is 43.8. The molecule has 0 bridgehead atoms. The third-order valence-electron chi connectivity index (χ3n) is 15.7. The van der Waals surface area contributed by atoms with E-state index in [1.807, 2.05) is 0 Å². The average Bonchev–Trinajstić information content (AvgIpc) is 3.67. The van der Waals surface area contributed by atoms with Crippen LogP contribution in [0.2, 0.25) is 0 Å². The molecule has 0 heterocycles. The smallest absolute Gasteiger partial charge is 0.0540 e. The Hall–Kier alpha value is -6.70. The predicted octanol–water partition coefficient (Wildman–Crippen LogP) is 18.5. The van der Waals surface area contributed by atoms with Crippen molar-refractivity contribution in [2.75, 3.05) is 4.90 Å². The van der Waals surface area contributed by atoms with Crippen LogP contribution in [0.3, 0.4) is 0 Å². The third-order valence-corrected chi connectivity index (χ3v) is 15.7. The van der Waals surface area contributed by atoms with Gasteiger partial charge in [0.25, 0.3) is 0 Å². The Kier molecular flexibility index (Phi) is 11.2. The molecule has 11 rings (SSSR count). The lowest BCUT2D eigenvalue weighted by atomic mass is 9.63. The molecule has 0 aliphatic heterocycles. The molecule has 8 aromatic rings. The van der Waals surface area contributed by atoms with E-state index < -0.39 is 0 Å². The van der Waals surface area contributed by atoms with Crippen molar-refractivity contribution < 1.29 is 0 Å². The number of nitrogens with zero attached hydrogens (tertiary/aromatic N) is 1. The summed E-state index contributed by atoms with van der Waals surface area (Å²) in [4.78, 5) is 2.57. The van der Waals surface area contributed by atoms with E-state index in [1.54, 1.807) is 0 Å². The molecule has 3 aliphatic rings. The summed E-state index contributed by atoms with van der Waals surface area (Å²) in [6.45, 7) is 14.0. The quantitative estimate of drug-likeness (QED) is 0.147. The lowest BCUT2D eigenvalue weighted by molar-refractivity contribution is 0.445. The number of hydrogen-bond donors (Lipinski definition) is 0. The van der Waals surface area contributed by atoms with Crippen LogP contribution in [0.5, 0.6) is 0 Å². The zero-order valence-corrected chi connectivity index (χ0v) is 40.8. The van der Waals surface area contributed by atoms with Gasteiger partial charge in [-0.2, -0.15) is 0 Å². The lowest BCUT2D eigenvalue weighted by Gasteiger charge is -2.39. The highest BCUT2D eigenvalue weighted by Crippen LogP contribution is 2.60. The van der Waals surface area contributed by atoms with Crippen LogP contribution in [0, 0.1) is 5.92 Å². The summed E-state index contributed by atoms with van der Waals surface area (Å²) in [5.74, 6) is 1.11. The monoisotopic (exact) mass is 884 g/mol. The Bertz CT molecular complexity index is 3150. The molecule has 1 saturated carbocycles. The molecule has 0 spiro atoms. The fraction of sp³-hybridized carbons (Fsp3) is 0.254. The molecule has 0 radical (unpaired) electrons. The summed E-state index contributed by atoms with van der Waals surface area (Å²) < 4.78 is 0. The van der Waals surface area contributed by atoms with E-state index in [2.05, 4.69) is 253 Å². The topological polar surface area (TPSA) is 3.24 Å². The molecule has 68 heavy (non-hydrogen) atoms. The predicted molar refractivity (Wildman–Crippen MR) is 290 cm³/mol. The maximum atomic E-state index is 2.57. The van der Waals surface area contributed by atoms with Crippen LogP contribution in [0.15, 0.2) is 206 Å². The van der Waals surface area contributed by atoms with Gasteiger partial charge in [-0.1, -0.05) is 243 Å². The molecule has 3 atom stereocenters. The normalized spacial score (nSPS) is 19.2. The molecule has 1 fully saturated rings. The molecule has 8 aromatic carbocycles. The molecule has 3 aliphatic carbocycles. The highest BCUT2D eigenvalue weighted by molar-refractivity contribution is 6.04. The number of anilines is 3. The molecule has 3 unspecified atom stereocenters. The summed E-state index contributed by atoms with van der Waals surface area (Å²) >= 11 is 0. The zero-order chi connectivity index (χ0) is 46.6. The van der Waals surface area contributed by atoms with Crippen LogP contribution in [0.4, 0.5) is 17.1 Å². The number of para-hydroxylation sites is 2. The standard InChI is InChI=1S/C67H65N/c1-65(2,3)51-43-48(44-52(45-51)66(4,5)6)54-29-15-19-37-62(54)68(63-38-20-16-32-58(63)59-34-22-26-47-25-21-33-55(64(47)59)46-23-9-7-10-24-46)53-41-39-50(40-42-53)67(49-27-11-8-12-28-49)60-35-17-13-30-56(60)57-31-14-18-36-61(57)67/h8,11-22,25-46,56,60H,7,9-10,23-24H2,1-6H3. The van der Waals surface area contributed by atoms with E-state index in [0.717, 1.165) is 11.4 Å². The van der Waals surface area contributed by atoms with Gasteiger partial charge in [-0.25, -0.2) is 0 Å². The molecule has 0 saturated heterocycles. The van der Waals surface area contributed by atoms with E-state index in [1.165, 1.54) is 110 Å². The highest BCUT2D eigenvalue weighted by Gasteiger charge is 2.52. The van der Waals surface area contributed by atoms with Crippen molar-refractivity contribution in [1.82, 2.24) is 0 Å². The molecular weight excluding hydrogens is 819 g/mol. The second-order valence-corrected chi connectivity index (χ2v) is 21.9. The van der Waals surface area contributed by atoms with Crippen molar-refractivity contribution in [1.29, 1.82) is 0 Å². The highest BCUT2D eigenvalue weighted by atomic mass is 15.1. The van der Waals surface area contributed by atoms with Gasteiger partial charge in [-0.3, -0.25) is 0 Å². The summed E-state index contributed by atoms with van der Waals surface area (Å²) in [5.41, 5.74) is 17.7. The van der Waals surface area contributed by atoms with Gasteiger partial charge in [-0.05, 0) is 115 Å². The summed E-state index contributed by atoms with van der Waals surface area (Å²) in [5, 5.41) is 2.72. The molecule has 1 heteroatoms. The zero-order valence-electron chi connectivity index (χ0n) is 40.8. The van der Waals surface area contributed by atoms with Crippen molar-refractivity contribution in [3.05, 3.63) is 245 Å². The average molecular weight is 884 g/mol. The Balaban J connectivity index is 1.16. The van der Waals surface area contributed by atoms with Gasteiger partial charge in [0.05, 0.1) is 16.8 Å². The molecule has 338 valence electrons. The number of benzene rings is 8. The van der Waals surface area contributed by atoms with Crippen LogP contribution >= 0.6 is 0 Å². The van der Waals surface area contributed by atoms with Crippen LogP contribution in [-0.2, 0) is 16.2 Å². The van der Waals surface area contributed by atoms with Gasteiger partial charge in [0.15, 0.2) is 0 Å². The fourth-order valence-corrected chi connectivity index (χ4v) is 12.3. The SMILES string of the molecule is CC(C)(C)c1cc(-c2ccccc2N(c2ccc(C3(c4ccccc4)c4ccccc4C4C=CC=CC43)cc2)c2ccccc2-c2cccc3cccc(C4CCCCC4)c23)cc(C(C)(C)C)c1. The molecule has 0 N–H and O–H groups in total. The lowest BCUT2D eigenvalue weighted by Crippen LogP contribution is -2.35. The Morgan fingerprint density at radius 3 is 1.74 bits per heavy atom. The van der Waals surface area contributed by atoms with Crippen molar-refractivity contribution in [3.63, 3.8) is 0 Å².